The van der Waals surface area contributed by atoms with E-state index in [9.17, 15) is 9.59 Å². The minimum Gasteiger partial charge on any atom is -0.481 e. The third-order valence-electron chi connectivity index (χ3n) is 2.80. The molecule has 6 nitrogen and oxygen atoms in total. The molecule has 0 spiro atoms. The summed E-state index contributed by atoms with van der Waals surface area (Å²) in [6.45, 7) is 1.68. The maximum absolute atomic E-state index is 11.9. The topological polar surface area (TPSA) is 93.4 Å². The van der Waals surface area contributed by atoms with Gasteiger partial charge in [-0.05, 0) is 17.7 Å². The van der Waals surface area contributed by atoms with Crippen molar-refractivity contribution in [1.29, 1.82) is 5.26 Å². The number of nitriles is 1. The average Bonchev–Trinajstić information content (AvgIpc) is 2.41. The molecule has 0 bridgehead atoms. The zero-order valence-corrected chi connectivity index (χ0v) is 11.5. The minimum absolute atomic E-state index is 0.133. The number of anilines is 1. The SMILES string of the molecule is CC(CN(C)C(=O)Nc1ccc(CC#N)cc1)C(=O)O. The third kappa shape index (κ3) is 4.61. The number of carbonyl (C=O) groups is 2. The van der Waals surface area contributed by atoms with Gasteiger partial charge in [-0.25, -0.2) is 4.79 Å². The lowest BCUT2D eigenvalue weighted by Crippen LogP contribution is -2.36. The molecular weight excluding hydrogens is 258 g/mol. The third-order valence-corrected chi connectivity index (χ3v) is 2.80. The number of nitrogens with zero attached hydrogens (tertiary/aromatic N) is 2. The van der Waals surface area contributed by atoms with Crippen LogP contribution in [0.2, 0.25) is 0 Å². The molecular formula is C14H17N3O3. The van der Waals surface area contributed by atoms with Crippen LogP contribution in [0.5, 0.6) is 0 Å². The monoisotopic (exact) mass is 275 g/mol. The van der Waals surface area contributed by atoms with Gasteiger partial charge in [0.1, 0.15) is 0 Å². The molecule has 106 valence electrons. The summed E-state index contributed by atoms with van der Waals surface area (Å²) in [6.07, 6.45) is 0.324. The molecule has 0 aliphatic rings. The fourth-order valence-electron chi connectivity index (χ4n) is 1.59. The Hall–Kier alpha value is -2.55. The van der Waals surface area contributed by atoms with Crippen molar-refractivity contribution in [1.82, 2.24) is 4.90 Å². The lowest BCUT2D eigenvalue weighted by Gasteiger charge is -2.20. The van der Waals surface area contributed by atoms with E-state index in [2.05, 4.69) is 5.32 Å². The van der Waals surface area contributed by atoms with Gasteiger partial charge in [-0.2, -0.15) is 5.26 Å². The van der Waals surface area contributed by atoms with Crippen LogP contribution < -0.4 is 5.32 Å². The Morgan fingerprint density at radius 2 is 2.00 bits per heavy atom. The molecule has 1 aromatic rings. The van der Waals surface area contributed by atoms with E-state index in [1.54, 1.807) is 38.2 Å². The average molecular weight is 275 g/mol. The van der Waals surface area contributed by atoms with Gasteiger partial charge in [0.25, 0.3) is 0 Å². The van der Waals surface area contributed by atoms with Crippen molar-refractivity contribution >= 4 is 17.7 Å². The van der Waals surface area contributed by atoms with Gasteiger partial charge in [-0.1, -0.05) is 19.1 Å². The number of carboxylic acid groups (broad SMARTS) is 1. The van der Waals surface area contributed by atoms with Crippen LogP contribution in [0.3, 0.4) is 0 Å². The second-order valence-electron chi connectivity index (χ2n) is 4.58. The van der Waals surface area contributed by atoms with Crippen molar-refractivity contribution in [3.05, 3.63) is 29.8 Å². The van der Waals surface area contributed by atoms with Gasteiger partial charge in [-0.3, -0.25) is 4.79 Å². The summed E-state index contributed by atoms with van der Waals surface area (Å²) in [5, 5.41) is 20.0. The molecule has 0 saturated heterocycles. The van der Waals surface area contributed by atoms with Crippen LogP contribution in [-0.4, -0.2) is 35.6 Å². The van der Waals surface area contributed by atoms with Crippen LogP contribution in [0.4, 0.5) is 10.5 Å². The van der Waals surface area contributed by atoms with Gasteiger partial charge in [0, 0.05) is 19.3 Å². The van der Waals surface area contributed by atoms with Crippen LogP contribution in [0.1, 0.15) is 12.5 Å². The number of rotatable bonds is 5. The highest BCUT2D eigenvalue weighted by atomic mass is 16.4. The molecule has 1 aromatic carbocycles. The number of aliphatic carboxylic acids is 1. The van der Waals surface area contributed by atoms with Crippen molar-refractivity contribution < 1.29 is 14.7 Å². The van der Waals surface area contributed by atoms with Crippen molar-refractivity contribution in [2.24, 2.45) is 5.92 Å². The number of amides is 2. The second kappa shape index (κ2) is 7.14. The van der Waals surface area contributed by atoms with Gasteiger partial charge < -0.3 is 15.3 Å². The molecule has 1 atom stereocenters. The number of urea groups is 1. The largest absolute Gasteiger partial charge is 0.481 e. The van der Waals surface area contributed by atoms with Crippen molar-refractivity contribution in [3.8, 4) is 6.07 Å². The maximum Gasteiger partial charge on any atom is 0.321 e. The highest BCUT2D eigenvalue weighted by Gasteiger charge is 2.17. The summed E-state index contributed by atoms with van der Waals surface area (Å²) in [7, 11) is 1.54. The molecule has 0 radical (unpaired) electrons. The Balaban J connectivity index is 2.57. The Labute approximate surface area is 117 Å². The summed E-state index contributed by atoms with van der Waals surface area (Å²) >= 11 is 0. The molecule has 2 N–H and O–H groups in total. The molecule has 0 fully saturated rings. The predicted octanol–water partition coefficient (Wildman–Crippen LogP) is 1.94. The van der Waals surface area contributed by atoms with E-state index in [1.165, 1.54) is 4.90 Å². The van der Waals surface area contributed by atoms with E-state index < -0.39 is 11.9 Å². The Morgan fingerprint density at radius 1 is 1.40 bits per heavy atom. The maximum atomic E-state index is 11.9. The normalized spacial score (nSPS) is 11.2. The number of hydrogen-bond donors (Lipinski definition) is 2. The molecule has 0 aliphatic heterocycles. The predicted molar refractivity (Wildman–Crippen MR) is 74.2 cm³/mol. The lowest BCUT2D eigenvalue weighted by atomic mass is 10.1. The first-order chi connectivity index (χ1) is 9.43. The van der Waals surface area contributed by atoms with E-state index in [4.69, 9.17) is 10.4 Å². The summed E-state index contributed by atoms with van der Waals surface area (Å²) in [4.78, 5) is 23.9. The Morgan fingerprint density at radius 3 is 2.50 bits per heavy atom. The summed E-state index contributed by atoms with van der Waals surface area (Å²) < 4.78 is 0. The van der Waals surface area contributed by atoms with E-state index in [1.807, 2.05) is 6.07 Å². The Kier molecular flexibility index (Phi) is 5.54. The highest BCUT2D eigenvalue weighted by Crippen LogP contribution is 2.11. The fraction of sp³-hybridized carbons (Fsp3) is 0.357. The van der Waals surface area contributed by atoms with E-state index in [0.29, 0.717) is 12.1 Å². The molecule has 1 rings (SSSR count). The Bertz CT molecular complexity index is 519. The fourth-order valence-corrected chi connectivity index (χ4v) is 1.59. The molecule has 0 aliphatic carbocycles. The molecule has 1 unspecified atom stereocenters. The number of benzene rings is 1. The first-order valence-corrected chi connectivity index (χ1v) is 6.15. The smallest absolute Gasteiger partial charge is 0.321 e. The zero-order valence-electron chi connectivity index (χ0n) is 11.5. The first-order valence-electron chi connectivity index (χ1n) is 6.15. The highest BCUT2D eigenvalue weighted by molar-refractivity contribution is 5.89. The van der Waals surface area contributed by atoms with Crippen LogP contribution in [0.25, 0.3) is 0 Å². The quantitative estimate of drug-likeness (QED) is 0.858. The van der Waals surface area contributed by atoms with E-state index >= 15 is 0 Å². The standard InChI is InChI=1S/C14H17N3O3/c1-10(13(18)19)9-17(2)14(20)16-12-5-3-11(4-6-12)7-8-15/h3-6,10H,7,9H2,1-2H3,(H,16,20)(H,18,19). The van der Waals surface area contributed by atoms with Gasteiger partial charge >= 0.3 is 12.0 Å². The first kappa shape index (κ1) is 15.5. The van der Waals surface area contributed by atoms with E-state index in [0.717, 1.165) is 5.56 Å². The van der Waals surface area contributed by atoms with Crippen LogP contribution in [0.15, 0.2) is 24.3 Å². The van der Waals surface area contributed by atoms with Gasteiger partial charge in [0.15, 0.2) is 0 Å². The van der Waals surface area contributed by atoms with Gasteiger partial charge in [0.2, 0.25) is 0 Å². The second-order valence-corrected chi connectivity index (χ2v) is 4.58. The van der Waals surface area contributed by atoms with Crippen molar-refractivity contribution in [2.45, 2.75) is 13.3 Å². The van der Waals surface area contributed by atoms with Crippen LogP contribution >= 0.6 is 0 Å². The molecule has 20 heavy (non-hydrogen) atoms. The number of carboxylic acids is 1. The number of nitrogens with one attached hydrogen (secondary N) is 1. The zero-order chi connectivity index (χ0) is 15.1. The number of hydrogen-bond acceptors (Lipinski definition) is 3. The van der Waals surface area contributed by atoms with Crippen molar-refractivity contribution in [2.75, 3.05) is 18.9 Å². The molecule has 6 heteroatoms. The van der Waals surface area contributed by atoms with E-state index in [-0.39, 0.29) is 12.6 Å². The van der Waals surface area contributed by atoms with Crippen LogP contribution in [-0.2, 0) is 11.2 Å². The summed E-state index contributed by atoms with van der Waals surface area (Å²) in [6, 6.07) is 8.61. The van der Waals surface area contributed by atoms with Gasteiger partial charge in [-0.15, -0.1) is 0 Å². The molecule has 0 heterocycles. The number of carbonyl (C=O) groups excluding carboxylic acids is 1. The molecule has 2 amide bonds. The molecule has 0 aromatic heterocycles. The van der Waals surface area contributed by atoms with Gasteiger partial charge in [0.05, 0.1) is 18.4 Å². The molecule has 0 saturated carbocycles. The summed E-state index contributed by atoms with van der Waals surface area (Å²) in [5.74, 6) is -1.56. The summed E-state index contributed by atoms with van der Waals surface area (Å²) in [5.41, 5.74) is 1.48. The minimum atomic E-state index is -0.939. The van der Waals surface area contributed by atoms with Crippen molar-refractivity contribution in [3.63, 3.8) is 0 Å². The van der Waals surface area contributed by atoms with Crippen LogP contribution in [0, 0.1) is 17.2 Å². The lowest BCUT2D eigenvalue weighted by molar-refractivity contribution is -0.141.